The number of para-hydroxylation sites is 2. The Kier molecular flexibility index (Phi) is 3.84. The highest BCUT2D eigenvalue weighted by Gasteiger charge is 2.34. The van der Waals surface area contributed by atoms with E-state index in [2.05, 4.69) is 104 Å². The molecule has 4 nitrogen and oxygen atoms in total. The fraction of sp³-hybridized carbons (Fsp3) is 0.368. The van der Waals surface area contributed by atoms with Gasteiger partial charge in [-0.2, -0.15) is 0 Å². The van der Waals surface area contributed by atoms with Gasteiger partial charge in [0.25, 0.3) is 0 Å². The van der Waals surface area contributed by atoms with Gasteiger partial charge in [-0.05, 0) is 30.3 Å². The molecule has 1 heterocycles. The summed E-state index contributed by atoms with van der Waals surface area (Å²) < 4.78 is 0. The van der Waals surface area contributed by atoms with Gasteiger partial charge in [-0.15, -0.1) is 0 Å². The highest BCUT2D eigenvalue weighted by Crippen LogP contribution is 2.46. The van der Waals surface area contributed by atoms with Crippen LogP contribution in [0.3, 0.4) is 0 Å². The van der Waals surface area contributed by atoms with Crippen molar-refractivity contribution in [3.8, 4) is 0 Å². The topological polar surface area (TPSA) is 13.0 Å². The maximum atomic E-state index is 2.36. The average molecular weight is 310 g/mol. The van der Waals surface area contributed by atoms with Gasteiger partial charge in [0.05, 0.1) is 11.4 Å². The number of nitrogens with zero attached hydrogens (tertiary/aromatic N) is 4. The summed E-state index contributed by atoms with van der Waals surface area (Å²) in [5.41, 5.74) is 6.36. The zero-order valence-electron chi connectivity index (χ0n) is 14.9. The summed E-state index contributed by atoms with van der Waals surface area (Å²) in [5.74, 6) is 0. The molecule has 0 aliphatic carbocycles. The molecule has 122 valence electrons. The first-order valence-electron chi connectivity index (χ1n) is 7.95. The molecule has 0 radical (unpaired) electrons. The van der Waals surface area contributed by atoms with E-state index < -0.39 is 0 Å². The molecule has 0 aromatic heterocycles. The van der Waals surface area contributed by atoms with Crippen molar-refractivity contribution in [1.82, 2.24) is 0 Å². The fourth-order valence-corrected chi connectivity index (χ4v) is 3.44. The molecule has 4 heteroatoms. The second-order valence-corrected chi connectivity index (χ2v) is 6.62. The molecule has 0 saturated carbocycles. The Morgan fingerprint density at radius 3 is 1.83 bits per heavy atom. The van der Waals surface area contributed by atoms with Crippen molar-refractivity contribution in [1.29, 1.82) is 0 Å². The quantitative estimate of drug-likeness (QED) is 0.861. The van der Waals surface area contributed by atoms with Crippen LogP contribution in [0.25, 0.3) is 0 Å². The lowest BCUT2D eigenvalue weighted by molar-refractivity contribution is 0.693. The van der Waals surface area contributed by atoms with Gasteiger partial charge in [-0.1, -0.05) is 12.1 Å². The minimum Gasteiger partial charge on any atom is -0.378 e. The summed E-state index contributed by atoms with van der Waals surface area (Å²) >= 11 is 0. The maximum absolute atomic E-state index is 2.36. The van der Waals surface area contributed by atoms with E-state index in [9.17, 15) is 0 Å². The van der Waals surface area contributed by atoms with Crippen LogP contribution < -0.4 is 19.6 Å². The summed E-state index contributed by atoms with van der Waals surface area (Å²) in [7, 11) is 12.7. The highest BCUT2D eigenvalue weighted by atomic mass is 15.4. The van der Waals surface area contributed by atoms with Crippen molar-refractivity contribution in [2.24, 2.45) is 0 Å². The van der Waals surface area contributed by atoms with Crippen LogP contribution in [0.1, 0.15) is 11.7 Å². The normalized spacial score (nSPS) is 14.2. The summed E-state index contributed by atoms with van der Waals surface area (Å²) in [6, 6.07) is 15.3. The molecule has 0 bridgehead atoms. The third-order valence-corrected chi connectivity index (χ3v) is 4.66. The average Bonchev–Trinajstić information content (AvgIpc) is 2.78. The lowest BCUT2D eigenvalue weighted by atomic mass is 10.1. The van der Waals surface area contributed by atoms with Gasteiger partial charge >= 0.3 is 0 Å². The van der Waals surface area contributed by atoms with E-state index in [1.54, 1.807) is 0 Å². The second-order valence-electron chi connectivity index (χ2n) is 6.62. The number of benzene rings is 2. The minimum absolute atomic E-state index is 0.199. The van der Waals surface area contributed by atoms with Gasteiger partial charge in [0.15, 0.2) is 0 Å². The Morgan fingerprint density at radius 2 is 1.35 bits per heavy atom. The van der Waals surface area contributed by atoms with E-state index in [0.29, 0.717) is 0 Å². The van der Waals surface area contributed by atoms with Crippen LogP contribution in [0.4, 0.5) is 22.7 Å². The van der Waals surface area contributed by atoms with E-state index in [1.165, 1.54) is 28.3 Å². The molecule has 0 N–H and O–H groups in total. The van der Waals surface area contributed by atoms with Crippen molar-refractivity contribution in [3.05, 3.63) is 48.0 Å². The molecule has 23 heavy (non-hydrogen) atoms. The summed E-state index contributed by atoms with van der Waals surface area (Å²) in [6.07, 6.45) is 0.199. The fourth-order valence-electron chi connectivity index (χ4n) is 3.44. The molecular weight excluding hydrogens is 284 g/mol. The SMILES string of the molecule is CN(C)c1ccc(N(C)C)c(C2N(C)c3ccccc3N2C)c1. The van der Waals surface area contributed by atoms with Crippen molar-refractivity contribution in [2.45, 2.75) is 6.17 Å². The van der Waals surface area contributed by atoms with Gasteiger partial charge in [0, 0.05) is 59.2 Å². The van der Waals surface area contributed by atoms with Crippen LogP contribution in [0.15, 0.2) is 42.5 Å². The molecule has 2 aromatic carbocycles. The van der Waals surface area contributed by atoms with Crippen molar-refractivity contribution in [3.63, 3.8) is 0 Å². The van der Waals surface area contributed by atoms with E-state index in [0.717, 1.165) is 0 Å². The van der Waals surface area contributed by atoms with E-state index in [4.69, 9.17) is 0 Å². The Hall–Kier alpha value is -2.36. The summed E-state index contributed by atoms with van der Waals surface area (Å²) in [5, 5.41) is 0. The first kappa shape index (κ1) is 15.5. The van der Waals surface area contributed by atoms with E-state index in [1.807, 2.05) is 0 Å². The molecule has 2 aromatic rings. The van der Waals surface area contributed by atoms with Crippen LogP contribution in [-0.2, 0) is 0 Å². The predicted molar refractivity (Wildman–Crippen MR) is 101 cm³/mol. The van der Waals surface area contributed by atoms with E-state index in [-0.39, 0.29) is 6.17 Å². The van der Waals surface area contributed by atoms with Crippen molar-refractivity contribution < 1.29 is 0 Å². The first-order chi connectivity index (χ1) is 10.9. The maximum Gasteiger partial charge on any atom is 0.130 e. The van der Waals surface area contributed by atoms with Gasteiger partial charge in [0.2, 0.25) is 0 Å². The zero-order chi connectivity index (χ0) is 16.7. The molecule has 1 aliphatic rings. The summed E-state index contributed by atoms with van der Waals surface area (Å²) in [6.45, 7) is 0. The van der Waals surface area contributed by atoms with Crippen molar-refractivity contribution in [2.75, 3.05) is 61.9 Å². The van der Waals surface area contributed by atoms with Crippen LogP contribution in [0, 0.1) is 0 Å². The Balaban J connectivity index is 2.13. The lowest BCUT2D eigenvalue weighted by Gasteiger charge is -2.32. The number of hydrogen-bond acceptors (Lipinski definition) is 4. The molecule has 0 amide bonds. The smallest absolute Gasteiger partial charge is 0.130 e. The van der Waals surface area contributed by atoms with Gasteiger partial charge in [0.1, 0.15) is 6.17 Å². The molecule has 0 atom stereocenters. The Bertz CT molecular complexity index is 679. The monoisotopic (exact) mass is 310 g/mol. The highest BCUT2D eigenvalue weighted by molar-refractivity contribution is 5.79. The van der Waals surface area contributed by atoms with Gasteiger partial charge in [-0.3, -0.25) is 0 Å². The second kappa shape index (κ2) is 5.69. The first-order valence-corrected chi connectivity index (χ1v) is 7.95. The zero-order valence-corrected chi connectivity index (χ0v) is 14.9. The third-order valence-electron chi connectivity index (χ3n) is 4.66. The number of hydrogen-bond donors (Lipinski definition) is 0. The Morgan fingerprint density at radius 1 is 0.783 bits per heavy atom. The largest absolute Gasteiger partial charge is 0.378 e. The van der Waals surface area contributed by atoms with Crippen molar-refractivity contribution >= 4 is 22.7 Å². The predicted octanol–water partition coefficient (Wildman–Crippen LogP) is 3.40. The molecular formula is C19H26N4. The van der Waals surface area contributed by atoms with Crippen LogP contribution >= 0.6 is 0 Å². The van der Waals surface area contributed by atoms with Crippen LogP contribution in [0.5, 0.6) is 0 Å². The standard InChI is InChI=1S/C19H26N4/c1-20(2)14-11-12-16(21(3)4)15(13-14)19-22(5)17-9-7-8-10-18(17)23(19)6/h7-13,19H,1-6H3. The molecule has 0 unspecified atom stereocenters. The van der Waals surface area contributed by atoms with Gasteiger partial charge < -0.3 is 19.6 Å². The lowest BCUT2D eigenvalue weighted by Crippen LogP contribution is -2.32. The molecule has 3 rings (SSSR count). The van der Waals surface area contributed by atoms with E-state index >= 15 is 0 Å². The molecule has 0 fully saturated rings. The summed E-state index contributed by atoms with van der Waals surface area (Å²) in [4.78, 5) is 9.07. The van der Waals surface area contributed by atoms with Crippen LogP contribution in [0.2, 0.25) is 0 Å². The Labute approximate surface area is 139 Å². The third kappa shape index (κ3) is 2.48. The molecule has 0 spiro atoms. The number of rotatable bonds is 3. The molecule has 1 aliphatic heterocycles. The minimum atomic E-state index is 0.199. The molecule has 0 saturated heterocycles. The van der Waals surface area contributed by atoms with Gasteiger partial charge in [-0.25, -0.2) is 0 Å². The van der Waals surface area contributed by atoms with Crippen LogP contribution in [-0.4, -0.2) is 42.3 Å². The number of anilines is 4. The number of fused-ring (bicyclic) bond motifs is 1.